The summed E-state index contributed by atoms with van der Waals surface area (Å²) in [6.45, 7) is 0.312. The van der Waals surface area contributed by atoms with Gasteiger partial charge in [-0.2, -0.15) is 4.31 Å². The Kier molecular flexibility index (Phi) is 3.77. The lowest BCUT2D eigenvalue weighted by Gasteiger charge is -2.20. The maximum Gasteiger partial charge on any atom is 0.263 e. The molecule has 0 atom stereocenters. The molecule has 0 saturated heterocycles. The third-order valence-electron chi connectivity index (χ3n) is 2.55. The van der Waals surface area contributed by atoms with E-state index in [-0.39, 0.29) is 21.6 Å². The maximum atomic E-state index is 12.4. The van der Waals surface area contributed by atoms with Gasteiger partial charge in [0.05, 0.1) is 0 Å². The molecule has 0 bridgehead atoms. The molecular formula is C8H12BrClN4O2S. The van der Waals surface area contributed by atoms with Crippen molar-refractivity contribution in [3.05, 3.63) is 4.60 Å². The van der Waals surface area contributed by atoms with Crippen molar-refractivity contribution in [1.29, 1.82) is 0 Å². The Morgan fingerprint density at radius 3 is 2.65 bits per heavy atom. The molecule has 1 aliphatic rings. The molecule has 1 fully saturated rings. The van der Waals surface area contributed by atoms with Gasteiger partial charge in [-0.15, -0.1) is 16.7 Å². The van der Waals surface area contributed by atoms with E-state index in [9.17, 15) is 8.42 Å². The molecule has 9 heteroatoms. The Bertz CT molecular complexity index is 494. The number of halogens is 2. The SMILES string of the molecule is Cn1nnc(Br)c1S(=O)(=O)N(CCCl)C1CC1. The second-order valence-electron chi connectivity index (χ2n) is 3.84. The first kappa shape index (κ1) is 13.3. The molecule has 17 heavy (non-hydrogen) atoms. The van der Waals surface area contributed by atoms with Crippen molar-refractivity contribution in [3.63, 3.8) is 0 Å². The molecule has 0 N–H and O–H groups in total. The summed E-state index contributed by atoms with van der Waals surface area (Å²) >= 11 is 8.77. The van der Waals surface area contributed by atoms with E-state index < -0.39 is 10.0 Å². The van der Waals surface area contributed by atoms with Crippen molar-refractivity contribution in [1.82, 2.24) is 19.3 Å². The molecule has 0 radical (unpaired) electrons. The molecule has 1 aliphatic carbocycles. The molecule has 1 aromatic heterocycles. The fraction of sp³-hybridized carbons (Fsp3) is 0.750. The zero-order valence-electron chi connectivity index (χ0n) is 9.18. The molecular weight excluding hydrogens is 332 g/mol. The van der Waals surface area contributed by atoms with Crippen LogP contribution in [0, 0.1) is 0 Å². The number of sulfonamides is 1. The summed E-state index contributed by atoms with van der Waals surface area (Å²) in [6, 6.07) is 0.0700. The fourth-order valence-corrected chi connectivity index (χ4v) is 4.66. The van der Waals surface area contributed by atoms with Crippen LogP contribution in [0.4, 0.5) is 0 Å². The third kappa shape index (κ3) is 2.49. The van der Waals surface area contributed by atoms with Gasteiger partial charge < -0.3 is 0 Å². The van der Waals surface area contributed by atoms with Crippen LogP contribution in [0.3, 0.4) is 0 Å². The normalized spacial score (nSPS) is 16.7. The van der Waals surface area contributed by atoms with E-state index in [1.54, 1.807) is 7.05 Å². The number of alkyl halides is 1. The van der Waals surface area contributed by atoms with Crippen LogP contribution in [0.1, 0.15) is 12.8 Å². The van der Waals surface area contributed by atoms with Gasteiger partial charge in [-0.3, -0.25) is 0 Å². The van der Waals surface area contributed by atoms with Crippen molar-refractivity contribution in [2.75, 3.05) is 12.4 Å². The van der Waals surface area contributed by atoms with E-state index in [1.165, 1.54) is 8.99 Å². The van der Waals surface area contributed by atoms with Crippen LogP contribution in [-0.2, 0) is 17.1 Å². The first-order valence-corrected chi connectivity index (χ1v) is 7.88. The van der Waals surface area contributed by atoms with Crippen LogP contribution in [0.2, 0.25) is 0 Å². The van der Waals surface area contributed by atoms with Gasteiger partial charge in [0.2, 0.25) is 5.03 Å². The number of rotatable bonds is 5. The van der Waals surface area contributed by atoms with Gasteiger partial charge in [0, 0.05) is 25.5 Å². The minimum atomic E-state index is -3.58. The molecule has 1 heterocycles. The minimum Gasteiger partial charge on any atom is -0.235 e. The highest BCUT2D eigenvalue weighted by Crippen LogP contribution is 2.33. The molecule has 2 rings (SSSR count). The molecule has 0 aliphatic heterocycles. The minimum absolute atomic E-state index is 0.0700. The van der Waals surface area contributed by atoms with Crippen molar-refractivity contribution >= 4 is 37.6 Å². The fourth-order valence-electron chi connectivity index (χ4n) is 1.65. The predicted molar refractivity (Wildman–Crippen MR) is 66.3 cm³/mol. The molecule has 0 aromatic carbocycles. The van der Waals surface area contributed by atoms with E-state index in [1.807, 2.05) is 0 Å². The van der Waals surface area contributed by atoms with Gasteiger partial charge in [-0.05, 0) is 28.8 Å². The molecule has 96 valence electrons. The first-order valence-electron chi connectivity index (χ1n) is 5.11. The largest absolute Gasteiger partial charge is 0.263 e. The summed E-state index contributed by atoms with van der Waals surface area (Å²) in [5.41, 5.74) is 0. The van der Waals surface area contributed by atoms with Gasteiger partial charge in [0.25, 0.3) is 10.0 Å². The highest BCUT2D eigenvalue weighted by molar-refractivity contribution is 9.10. The van der Waals surface area contributed by atoms with Crippen molar-refractivity contribution in [3.8, 4) is 0 Å². The molecule has 0 unspecified atom stereocenters. The van der Waals surface area contributed by atoms with Crippen LogP contribution in [0.5, 0.6) is 0 Å². The second-order valence-corrected chi connectivity index (χ2v) is 6.78. The van der Waals surface area contributed by atoms with E-state index in [4.69, 9.17) is 11.6 Å². The van der Waals surface area contributed by atoms with Crippen LogP contribution in [0.25, 0.3) is 0 Å². The summed E-state index contributed by atoms with van der Waals surface area (Å²) in [5.74, 6) is 0.276. The number of hydrogen-bond acceptors (Lipinski definition) is 4. The number of aromatic nitrogens is 3. The molecule has 6 nitrogen and oxygen atoms in total. The summed E-state index contributed by atoms with van der Waals surface area (Å²) in [7, 11) is -2.03. The van der Waals surface area contributed by atoms with Gasteiger partial charge in [0.15, 0.2) is 4.60 Å². The summed E-state index contributed by atoms with van der Waals surface area (Å²) in [6.07, 6.45) is 1.78. The average Bonchev–Trinajstić information content (AvgIpc) is 3.01. The summed E-state index contributed by atoms with van der Waals surface area (Å²) in [5, 5.41) is 7.46. The Morgan fingerprint density at radius 2 is 2.24 bits per heavy atom. The van der Waals surface area contributed by atoms with Crippen molar-refractivity contribution in [2.24, 2.45) is 7.05 Å². The lowest BCUT2D eigenvalue weighted by molar-refractivity contribution is 0.415. The smallest absolute Gasteiger partial charge is 0.235 e. The zero-order chi connectivity index (χ0) is 12.6. The standard InChI is InChI=1S/C8H12BrClN4O2S/c1-13-8(7(9)11-12-13)17(15,16)14(5-4-10)6-2-3-6/h6H,2-5H2,1H3. The monoisotopic (exact) mass is 342 g/mol. The first-order chi connectivity index (χ1) is 7.98. The summed E-state index contributed by atoms with van der Waals surface area (Å²) < 4.78 is 27.8. The Hall–Kier alpha value is -0.180. The second kappa shape index (κ2) is 4.83. The van der Waals surface area contributed by atoms with Crippen LogP contribution >= 0.6 is 27.5 Å². The summed E-state index contributed by atoms with van der Waals surface area (Å²) in [4.78, 5) is 0. The highest BCUT2D eigenvalue weighted by Gasteiger charge is 2.40. The number of nitrogens with zero attached hydrogens (tertiary/aromatic N) is 4. The Labute approximate surface area is 113 Å². The van der Waals surface area contributed by atoms with Crippen molar-refractivity contribution < 1.29 is 8.42 Å². The zero-order valence-corrected chi connectivity index (χ0v) is 12.3. The number of aryl methyl sites for hydroxylation is 1. The average molecular weight is 344 g/mol. The van der Waals surface area contributed by atoms with Crippen LogP contribution in [-0.4, -0.2) is 46.2 Å². The molecule has 1 aromatic rings. The van der Waals surface area contributed by atoms with Gasteiger partial charge in [0.1, 0.15) is 0 Å². The molecule has 1 saturated carbocycles. The van der Waals surface area contributed by atoms with Crippen molar-refractivity contribution in [2.45, 2.75) is 23.9 Å². The van der Waals surface area contributed by atoms with Gasteiger partial charge in [-0.1, -0.05) is 5.21 Å². The quantitative estimate of drug-likeness (QED) is 0.747. The number of hydrogen-bond donors (Lipinski definition) is 0. The van der Waals surface area contributed by atoms with E-state index >= 15 is 0 Å². The van der Waals surface area contributed by atoms with E-state index in [0.717, 1.165) is 12.8 Å². The third-order valence-corrected chi connectivity index (χ3v) is 5.56. The van der Waals surface area contributed by atoms with E-state index in [0.29, 0.717) is 6.54 Å². The molecule has 0 spiro atoms. The van der Waals surface area contributed by atoms with Gasteiger partial charge in [-0.25, -0.2) is 13.1 Å². The lowest BCUT2D eigenvalue weighted by atomic mass is 10.6. The van der Waals surface area contributed by atoms with Crippen LogP contribution < -0.4 is 0 Å². The van der Waals surface area contributed by atoms with E-state index in [2.05, 4.69) is 26.2 Å². The predicted octanol–water partition coefficient (Wildman–Crippen LogP) is 0.969. The van der Waals surface area contributed by atoms with Gasteiger partial charge >= 0.3 is 0 Å². The Balaban J connectivity index is 2.40. The van der Waals surface area contributed by atoms with Crippen LogP contribution in [0.15, 0.2) is 9.63 Å². The Morgan fingerprint density at radius 1 is 1.59 bits per heavy atom. The molecule has 0 amide bonds. The maximum absolute atomic E-state index is 12.4. The topological polar surface area (TPSA) is 68.1 Å². The lowest BCUT2D eigenvalue weighted by Crippen LogP contribution is -2.36. The highest BCUT2D eigenvalue weighted by atomic mass is 79.9.